The molecule has 0 aliphatic carbocycles. The van der Waals surface area contributed by atoms with Gasteiger partial charge < -0.3 is 5.11 Å². The van der Waals surface area contributed by atoms with Gasteiger partial charge in [-0.3, -0.25) is 0 Å². The molecule has 27 heavy (non-hydrogen) atoms. The first-order valence-electron chi connectivity index (χ1n) is 7.34. The standard InChI is InChI=1S/C17H9Cl6N3O/c18-16(19,20)14-24-13(25-15(26-14)17(21,22)23)11-3-1-9(2-4-11)10-5-7-12(27)8-6-10/h1-8,27H. The number of hydrogen-bond donors (Lipinski definition) is 1. The minimum absolute atomic E-state index is 0.151. The molecule has 140 valence electrons. The lowest BCUT2D eigenvalue weighted by Gasteiger charge is -2.15. The van der Waals surface area contributed by atoms with Gasteiger partial charge in [0, 0.05) is 5.56 Å². The van der Waals surface area contributed by atoms with Crippen molar-refractivity contribution in [3.63, 3.8) is 0 Å². The smallest absolute Gasteiger partial charge is 0.250 e. The molecular weight excluding hydrogens is 475 g/mol. The van der Waals surface area contributed by atoms with Crippen LogP contribution in [0, 0.1) is 0 Å². The van der Waals surface area contributed by atoms with E-state index in [4.69, 9.17) is 69.6 Å². The zero-order valence-corrected chi connectivity index (χ0v) is 17.7. The maximum Gasteiger partial charge on any atom is 0.250 e. The number of aromatic nitrogens is 3. The van der Waals surface area contributed by atoms with Crippen molar-refractivity contribution in [2.45, 2.75) is 7.59 Å². The van der Waals surface area contributed by atoms with Crippen LogP contribution in [-0.2, 0) is 7.59 Å². The third kappa shape index (κ3) is 5.08. The molecule has 0 unspecified atom stereocenters. The highest BCUT2D eigenvalue weighted by Gasteiger charge is 2.34. The molecule has 1 N–H and O–H groups in total. The van der Waals surface area contributed by atoms with Crippen molar-refractivity contribution < 1.29 is 5.11 Å². The minimum Gasteiger partial charge on any atom is -0.508 e. The molecule has 0 bridgehead atoms. The van der Waals surface area contributed by atoms with Crippen LogP contribution in [0.5, 0.6) is 5.75 Å². The molecule has 0 amide bonds. The lowest BCUT2D eigenvalue weighted by atomic mass is 10.0. The Kier molecular flexibility index (Phi) is 5.97. The van der Waals surface area contributed by atoms with Crippen molar-refractivity contribution in [2.75, 3.05) is 0 Å². The van der Waals surface area contributed by atoms with Gasteiger partial charge >= 0.3 is 0 Å². The first kappa shape index (κ1) is 20.7. The monoisotopic (exact) mass is 481 g/mol. The van der Waals surface area contributed by atoms with E-state index in [2.05, 4.69) is 15.0 Å². The third-order valence-electron chi connectivity index (χ3n) is 3.49. The van der Waals surface area contributed by atoms with E-state index in [0.29, 0.717) is 5.56 Å². The zero-order chi connectivity index (χ0) is 19.8. The summed E-state index contributed by atoms with van der Waals surface area (Å²) < 4.78 is -3.82. The molecule has 0 aliphatic rings. The van der Waals surface area contributed by atoms with Crippen molar-refractivity contribution in [1.29, 1.82) is 0 Å². The molecule has 2 aromatic carbocycles. The number of phenols is 1. The molecular formula is C17H9Cl6N3O. The summed E-state index contributed by atoms with van der Waals surface area (Å²) in [7, 11) is 0. The van der Waals surface area contributed by atoms with E-state index in [1.807, 2.05) is 12.1 Å². The van der Waals surface area contributed by atoms with Crippen LogP contribution in [0.2, 0.25) is 0 Å². The molecule has 1 heterocycles. The maximum atomic E-state index is 9.39. The first-order chi connectivity index (χ1) is 12.5. The number of hydrogen-bond acceptors (Lipinski definition) is 4. The van der Waals surface area contributed by atoms with Gasteiger partial charge in [-0.1, -0.05) is 106 Å². The highest BCUT2D eigenvalue weighted by atomic mass is 35.6. The second-order valence-electron chi connectivity index (χ2n) is 5.43. The van der Waals surface area contributed by atoms with Crippen LogP contribution < -0.4 is 0 Å². The summed E-state index contributed by atoms with van der Waals surface area (Å²) >= 11 is 35.3. The lowest BCUT2D eigenvalue weighted by Crippen LogP contribution is -2.16. The Labute approximate surface area is 185 Å². The van der Waals surface area contributed by atoms with Gasteiger partial charge in [-0.15, -0.1) is 0 Å². The number of benzene rings is 2. The van der Waals surface area contributed by atoms with E-state index in [0.717, 1.165) is 11.1 Å². The molecule has 3 rings (SSSR count). The predicted molar refractivity (Wildman–Crippen MR) is 111 cm³/mol. The Balaban J connectivity index is 2.04. The quantitative estimate of drug-likeness (QED) is 0.419. The van der Waals surface area contributed by atoms with E-state index in [1.54, 1.807) is 36.4 Å². The number of nitrogens with zero attached hydrogens (tertiary/aromatic N) is 3. The van der Waals surface area contributed by atoms with Gasteiger partial charge in [0.05, 0.1) is 0 Å². The van der Waals surface area contributed by atoms with Crippen molar-refractivity contribution in [2.24, 2.45) is 0 Å². The lowest BCUT2D eigenvalue weighted by molar-refractivity contribution is 0.475. The Hall–Kier alpha value is -1.01. The molecule has 3 aromatic rings. The molecule has 0 aliphatic heterocycles. The van der Waals surface area contributed by atoms with E-state index >= 15 is 0 Å². The second kappa shape index (κ2) is 7.78. The van der Waals surface area contributed by atoms with E-state index in [1.165, 1.54) is 0 Å². The Morgan fingerprint density at radius 1 is 0.556 bits per heavy atom. The summed E-state index contributed by atoms with van der Waals surface area (Å²) in [5.41, 5.74) is 2.47. The van der Waals surface area contributed by atoms with E-state index in [9.17, 15) is 5.11 Å². The van der Waals surface area contributed by atoms with E-state index < -0.39 is 7.59 Å². The van der Waals surface area contributed by atoms with Crippen molar-refractivity contribution >= 4 is 69.6 Å². The Morgan fingerprint density at radius 3 is 1.33 bits per heavy atom. The minimum atomic E-state index is -1.91. The van der Waals surface area contributed by atoms with Crippen LogP contribution in [0.25, 0.3) is 22.5 Å². The molecule has 0 atom stereocenters. The summed E-state index contributed by atoms with van der Waals surface area (Å²) in [4.78, 5) is 12.3. The average Bonchev–Trinajstić information content (AvgIpc) is 2.61. The van der Waals surface area contributed by atoms with Crippen LogP contribution in [0.3, 0.4) is 0 Å². The normalized spacial score (nSPS) is 12.2. The molecule has 10 heteroatoms. The maximum absolute atomic E-state index is 9.39. The highest BCUT2D eigenvalue weighted by molar-refractivity contribution is 6.67. The van der Waals surface area contributed by atoms with Gasteiger partial charge in [0.2, 0.25) is 7.59 Å². The number of rotatable bonds is 2. The van der Waals surface area contributed by atoms with Crippen molar-refractivity contribution in [3.05, 3.63) is 60.2 Å². The third-order valence-corrected chi connectivity index (χ3v) is 4.50. The van der Waals surface area contributed by atoms with Crippen LogP contribution in [0.4, 0.5) is 0 Å². The van der Waals surface area contributed by atoms with Gasteiger partial charge in [0.15, 0.2) is 17.5 Å². The second-order valence-corrected chi connectivity index (χ2v) is 9.99. The molecule has 0 saturated heterocycles. The molecule has 0 fully saturated rings. The fraction of sp³-hybridized carbons (Fsp3) is 0.118. The summed E-state index contributed by atoms with van der Waals surface area (Å²) in [5.74, 6) is 0.0896. The van der Waals surface area contributed by atoms with Gasteiger partial charge in [-0.05, 0) is 23.3 Å². The topological polar surface area (TPSA) is 58.9 Å². The SMILES string of the molecule is Oc1ccc(-c2ccc(-c3nc(C(Cl)(Cl)Cl)nc(C(Cl)(Cl)Cl)n3)cc2)cc1. The Bertz CT molecular complexity index is 918. The summed E-state index contributed by atoms with van der Waals surface area (Å²) in [6, 6.07) is 14.1. The number of aromatic hydroxyl groups is 1. The first-order valence-corrected chi connectivity index (χ1v) is 9.61. The van der Waals surface area contributed by atoms with Crippen LogP contribution in [-0.4, -0.2) is 20.1 Å². The van der Waals surface area contributed by atoms with Crippen LogP contribution in [0.1, 0.15) is 11.6 Å². The molecule has 0 spiro atoms. The van der Waals surface area contributed by atoms with Crippen LogP contribution in [0.15, 0.2) is 48.5 Å². The number of halogens is 6. The van der Waals surface area contributed by atoms with Gasteiger partial charge in [0.1, 0.15) is 5.75 Å². The fourth-order valence-electron chi connectivity index (χ4n) is 2.22. The molecule has 0 saturated carbocycles. The van der Waals surface area contributed by atoms with Gasteiger partial charge in [0.25, 0.3) is 0 Å². The molecule has 0 radical (unpaired) electrons. The summed E-state index contributed by atoms with van der Waals surface area (Å²) in [5, 5.41) is 9.39. The summed E-state index contributed by atoms with van der Waals surface area (Å²) in [6.07, 6.45) is 0. The van der Waals surface area contributed by atoms with E-state index in [-0.39, 0.29) is 23.2 Å². The van der Waals surface area contributed by atoms with Gasteiger partial charge in [-0.25, -0.2) is 15.0 Å². The fourth-order valence-corrected chi connectivity index (χ4v) is 2.73. The zero-order valence-electron chi connectivity index (χ0n) is 13.2. The molecule has 4 nitrogen and oxygen atoms in total. The highest BCUT2D eigenvalue weighted by Crippen LogP contribution is 2.40. The van der Waals surface area contributed by atoms with Crippen molar-refractivity contribution in [1.82, 2.24) is 15.0 Å². The van der Waals surface area contributed by atoms with Gasteiger partial charge in [-0.2, -0.15) is 0 Å². The number of alkyl halides is 6. The van der Waals surface area contributed by atoms with Crippen molar-refractivity contribution in [3.8, 4) is 28.3 Å². The number of phenolic OH excluding ortho intramolecular Hbond substituents is 1. The van der Waals surface area contributed by atoms with Crippen LogP contribution >= 0.6 is 69.6 Å². The summed E-state index contributed by atoms with van der Waals surface area (Å²) in [6.45, 7) is 0. The molecule has 1 aromatic heterocycles. The largest absolute Gasteiger partial charge is 0.508 e. The average molecular weight is 484 g/mol. The Morgan fingerprint density at radius 2 is 0.926 bits per heavy atom. The predicted octanol–water partition coefficient (Wildman–Crippen LogP) is 6.56.